The van der Waals surface area contributed by atoms with Crippen LogP contribution < -0.4 is 0 Å². The zero-order chi connectivity index (χ0) is 57.5. The fourth-order valence-electron chi connectivity index (χ4n) is 9.09. The SMILES string of the molecule is CC/C=C\C/C=C\C/C=C\C/C=C\C/C=C\CCCCCC(=O)OCC(COC1OC(C(=O)O)C(O)C(O)C1OC(=O)CCCCCCCCC/C=C\CCCCCCCC)OC(=O)CCCCCCC/C=C\CCCCCC. The van der Waals surface area contributed by atoms with Gasteiger partial charge in [0.25, 0.3) is 0 Å². The molecule has 0 saturated carbocycles. The summed E-state index contributed by atoms with van der Waals surface area (Å²) in [5.74, 6) is -3.18. The first-order chi connectivity index (χ1) is 38.6. The Labute approximate surface area is 480 Å². The highest BCUT2D eigenvalue weighted by molar-refractivity contribution is 5.74. The van der Waals surface area contributed by atoms with Crippen molar-refractivity contribution in [3.05, 3.63) is 85.1 Å². The fourth-order valence-corrected chi connectivity index (χ4v) is 9.09. The molecule has 1 aliphatic heterocycles. The van der Waals surface area contributed by atoms with Crippen molar-refractivity contribution in [2.75, 3.05) is 13.2 Å². The zero-order valence-corrected chi connectivity index (χ0v) is 49.8. The van der Waals surface area contributed by atoms with Crippen LogP contribution in [0.4, 0.5) is 0 Å². The second-order valence-electron chi connectivity index (χ2n) is 21.3. The van der Waals surface area contributed by atoms with Crippen LogP contribution in [0, 0.1) is 0 Å². The van der Waals surface area contributed by atoms with Crippen LogP contribution in [0.15, 0.2) is 85.1 Å². The number of hydrogen-bond donors (Lipinski definition) is 3. The lowest BCUT2D eigenvalue weighted by molar-refractivity contribution is -0.301. The number of ether oxygens (including phenoxy) is 5. The first-order valence-corrected chi connectivity index (χ1v) is 31.6. The number of esters is 3. The summed E-state index contributed by atoms with van der Waals surface area (Å²) in [4.78, 5) is 51.2. The van der Waals surface area contributed by atoms with Gasteiger partial charge in [0.05, 0.1) is 6.61 Å². The molecule has 0 aromatic carbocycles. The Morgan fingerprint density at radius 2 is 0.797 bits per heavy atom. The van der Waals surface area contributed by atoms with Crippen molar-refractivity contribution in [2.24, 2.45) is 0 Å². The van der Waals surface area contributed by atoms with Crippen LogP contribution in [0.2, 0.25) is 0 Å². The largest absolute Gasteiger partial charge is 0.479 e. The molecule has 0 bridgehead atoms. The fraction of sp³-hybridized carbons (Fsp3) is 0.731. The standard InChI is InChI=1S/C67H112O12/c1-4-7-10-13-16-19-22-25-27-29-30-32-33-36-38-41-44-47-50-53-59(68)75-56-58(77-60(69)54-51-48-45-42-39-35-24-21-18-15-12-9-6-3)57-76-67-65(63(72)62(71)64(79-67)66(73)74)78-61(70)55-52-49-46-43-40-37-34-31-28-26-23-20-17-14-11-8-5-2/h7,10,16,19,21,24-28,30,32,36,38,58,62-65,67,71-72H,4-6,8-9,11-15,17-18,20,22-23,29,31,33-35,37,39-57H2,1-3H3,(H,73,74)/b10-7-,19-16-,24-21-,27-25-,28-26-,32-30-,38-36-. The quantitative estimate of drug-likeness (QED) is 0.0228. The summed E-state index contributed by atoms with van der Waals surface area (Å²) in [5.41, 5.74) is 0. The molecule has 6 unspecified atom stereocenters. The summed E-state index contributed by atoms with van der Waals surface area (Å²) in [6.07, 6.45) is 58.3. The summed E-state index contributed by atoms with van der Waals surface area (Å²) in [6.45, 7) is 5.84. The summed E-state index contributed by atoms with van der Waals surface area (Å²) in [5, 5.41) is 31.5. The van der Waals surface area contributed by atoms with Crippen molar-refractivity contribution in [1.82, 2.24) is 0 Å². The molecule has 0 amide bonds. The van der Waals surface area contributed by atoms with E-state index in [1.165, 1.54) is 77.0 Å². The minimum absolute atomic E-state index is 0.0492. The molecule has 12 nitrogen and oxygen atoms in total. The van der Waals surface area contributed by atoms with Crippen molar-refractivity contribution in [2.45, 2.75) is 302 Å². The summed E-state index contributed by atoms with van der Waals surface area (Å²) in [7, 11) is 0. The number of hydrogen-bond acceptors (Lipinski definition) is 11. The van der Waals surface area contributed by atoms with Gasteiger partial charge in [-0.2, -0.15) is 0 Å². The maximum absolute atomic E-state index is 13.2. The maximum Gasteiger partial charge on any atom is 0.335 e. The van der Waals surface area contributed by atoms with E-state index in [1.54, 1.807) is 0 Å². The number of allylic oxidation sites excluding steroid dienone is 14. The Hall–Kier alpha value is -4.10. The van der Waals surface area contributed by atoms with Crippen molar-refractivity contribution in [1.29, 1.82) is 0 Å². The van der Waals surface area contributed by atoms with Crippen LogP contribution in [0.3, 0.4) is 0 Å². The summed E-state index contributed by atoms with van der Waals surface area (Å²) in [6, 6.07) is 0. The molecule has 1 saturated heterocycles. The lowest BCUT2D eigenvalue weighted by Gasteiger charge is -2.40. The highest BCUT2D eigenvalue weighted by Crippen LogP contribution is 2.26. The summed E-state index contributed by atoms with van der Waals surface area (Å²) < 4.78 is 28.5. The molecule has 12 heteroatoms. The van der Waals surface area contributed by atoms with Crippen molar-refractivity contribution < 1.29 is 58.2 Å². The predicted molar refractivity (Wildman–Crippen MR) is 321 cm³/mol. The lowest BCUT2D eigenvalue weighted by Crippen LogP contribution is -2.61. The number of rotatable bonds is 53. The first kappa shape index (κ1) is 72.9. The van der Waals surface area contributed by atoms with E-state index in [1.807, 2.05) is 0 Å². The molecule has 0 aliphatic carbocycles. The molecule has 0 aromatic rings. The second-order valence-corrected chi connectivity index (χ2v) is 21.3. The van der Waals surface area contributed by atoms with E-state index in [-0.39, 0.29) is 25.9 Å². The van der Waals surface area contributed by atoms with E-state index in [4.69, 9.17) is 23.7 Å². The molecule has 6 atom stereocenters. The maximum atomic E-state index is 13.2. The van der Waals surface area contributed by atoms with Gasteiger partial charge in [-0.1, -0.05) is 215 Å². The van der Waals surface area contributed by atoms with Gasteiger partial charge in [0.15, 0.2) is 24.6 Å². The minimum atomic E-state index is -1.91. The molecule has 0 spiro atoms. The number of carbonyl (C=O) groups excluding carboxylic acids is 3. The molecule has 1 heterocycles. The predicted octanol–water partition coefficient (Wildman–Crippen LogP) is 16.7. The van der Waals surface area contributed by atoms with Gasteiger partial charge in [-0.15, -0.1) is 0 Å². The lowest BCUT2D eigenvalue weighted by atomic mass is 9.98. The Morgan fingerprint density at radius 1 is 0.430 bits per heavy atom. The van der Waals surface area contributed by atoms with Crippen LogP contribution in [0.1, 0.15) is 265 Å². The number of aliphatic hydroxyl groups is 2. The number of carboxylic acid groups (broad SMARTS) is 1. The summed E-state index contributed by atoms with van der Waals surface area (Å²) >= 11 is 0. The van der Waals surface area contributed by atoms with Crippen molar-refractivity contribution in [3.8, 4) is 0 Å². The molecule has 3 N–H and O–H groups in total. The van der Waals surface area contributed by atoms with E-state index in [0.29, 0.717) is 19.3 Å². The molecule has 0 radical (unpaired) electrons. The van der Waals surface area contributed by atoms with Gasteiger partial charge in [0.1, 0.15) is 18.8 Å². The van der Waals surface area contributed by atoms with Crippen LogP contribution >= 0.6 is 0 Å². The Morgan fingerprint density at radius 3 is 1.25 bits per heavy atom. The monoisotopic (exact) mass is 1110 g/mol. The van der Waals surface area contributed by atoms with Crippen LogP contribution in [-0.2, 0) is 42.9 Å². The minimum Gasteiger partial charge on any atom is -0.479 e. The Kier molecular flexibility index (Phi) is 50.3. The molecule has 79 heavy (non-hydrogen) atoms. The third kappa shape index (κ3) is 44.3. The highest BCUT2D eigenvalue weighted by Gasteiger charge is 2.50. The van der Waals surface area contributed by atoms with Gasteiger partial charge in [-0.25, -0.2) is 4.79 Å². The number of carbonyl (C=O) groups is 4. The Balaban J connectivity index is 2.69. The first-order valence-electron chi connectivity index (χ1n) is 31.6. The van der Waals surface area contributed by atoms with Gasteiger partial charge in [-0.3, -0.25) is 14.4 Å². The number of unbranched alkanes of at least 4 members (excludes halogenated alkanes) is 25. The molecule has 452 valence electrons. The zero-order valence-electron chi connectivity index (χ0n) is 49.8. The van der Waals surface area contributed by atoms with Gasteiger partial charge >= 0.3 is 23.9 Å². The van der Waals surface area contributed by atoms with Gasteiger partial charge in [0, 0.05) is 19.3 Å². The van der Waals surface area contributed by atoms with E-state index in [0.717, 1.165) is 128 Å². The van der Waals surface area contributed by atoms with E-state index < -0.39 is 67.3 Å². The molecule has 1 fully saturated rings. The second kappa shape index (κ2) is 54.5. The van der Waals surface area contributed by atoms with E-state index in [2.05, 4.69) is 106 Å². The van der Waals surface area contributed by atoms with Gasteiger partial charge < -0.3 is 39.0 Å². The molecule has 1 rings (SSSR count). The third-order valence-electron chi connectivity index (χ3n) is 13.9. The van der Waals surface area contributed by atoms with Gasteiger partial charge in [0.2, 0.25) is 0 Å². The molecule has 0 aromatic heterocycles. The van der Waals surface area contributed by atoms with Crippen LogP contribution in [0.25, 0.3) is 0 Å². The number of aliphatic carboxylic acids is 1. The van der Waals surface area contributed by atoms with Crippen LogP contribution in [-0.4, -0.2) is 89.2 Å². The van der Waals surface area contributed by atoms with Crippen LogP contribution in [0.5, 0.6) is 0 Å². The van der Waals surface area contributed by atoms with E-state index in [9.17, 15) is 34.5 Å². The molecular weight excluding hydrogens is 997 g/mol. The molecular formula is C67H112O12. The van der Waals surface area contributed by atoms with Crippen molar-refractivity contribution >= 4 is 23.9 Å². The molecule has 1 aliphatic rings. The third-order valence-corrected chi connectivity index (χ3v) is 13.9. The average molecular weight is 1110 g/mol. The highest BCUT2D eigenvalue weighted by atomic mass is 16.7. The number of aliphatic hydroxyl groups excluding tert-OH is 2. The normalized spacial score (nSPS) is 18.4. The average Bonchev–Trinajstić information content (AvgIpc) is 3.47. The number of carboxylic acids is 1. The smallest absolute Gasteiger partial charge is 0.335 e. The van der Waals surface area contributed by atoms with E-state index >= 15 is 0 Å². The Bertz CT molecular complexity index is 1700. The van der Waals surface area contributed by atoms with Crippen molar-refractivity contribution in [3.63, 3.8) is 0 Å². The van der Waals surface area contributed by atoms with Gasteiger partial charge in [-0.05, 0) is 116 Å². The topological polar surface area (TPSA) is 175 Å².